The van der Waals surface area contributed by atoms with Crippen LogP contribution in [0.5, 0.6) is 0 Å². The van der Waals surface area contributed by atoms with Crippen molar-refractivity contribution in [2.24, 2.45) is 0 Å². The number of hydrogen-bond acceptors (Lipinski definition) is 8. The zero-order valence-electron chi connectivity index (χ0n) is 48.4. The minimum absolute atomic E-state index is 0.547. The number of nitriles is 2. The van der Waals surface area contributed by atoms with Crippen LogP contribution in [0.15, 0.2) is 303 Å². The Morgan fingerprint density at radius 3 is 1.09 bits per heavy atom. The number of aromatic nitrogens is 6. The highest BCUT2D eigenvalue weighted by molar-refractivity contribution is 6.08. The van der Waals surface area contributed by atoms with Crippen LogP contribution in [0.1, 0.15) is 11.1 Å². The summed E-state index contributed by atoms with van der Waals surface area (Å²) in [6, 6.07) is 108. The average Bonchev–Trinajstić information content (AvgIpc) is 1.09. The normalized spacial score (nSPS) is 11.1. The summed E-state index contributed by atoms with van der Waals surface area (Å²) < 4.78 is 0. The van der Waals surface area contributed by atoms with Crippen LogP contribution in [0.4, 0.5) is 0 Å². The van der Waals surface area contributed by atoms with E-state index in [0.29, 0.717) is 46.1 Å². The molecule has 0 fully saturated rings. The molecule has 15 aromatic rings. The first kappa shape index (κ1) is 54.1. The third-order valence-corrected chi connectivity index (χ3v) is 16.5. The third kappa shape index (κ3) is 10.6. The van der Waals surface area contributed by atoms with Crippen molar-refractivity contribution < 1.29 is 0 Å². The molecule has 0 aliphatic heterocycles. The molecule has 0 bridgehead atoms. The van der Waals surface area contributed by atoms with Gasteiger partial charge in [0, 0.05) is 33.4 Å². The van der Waals surface area contributed by atoms with E-state index >= 15 is 0 Å². The summed E-state index contributed by atoms with van der Waals surface area (Å²) in [5.41, 5.74) is 18.9. The van der Waals surface area contributed by atoms with E-state index in [2.05, 4.69) is 176 Å². The first-order valence-corrected chi connectivity index (χ1v) is 29.7. The highest BCUT2D eigenvalue weighted by atomic mass is 15.0. The smallest absolute Gasteiger partial charge is 0.164 e. The van der Waals surface area contributed by atoms with Gasteiger partial charge >= 0.3 is 0 Å². The highest BCUT2D eigenvalue weighted by Gasteiger charge is 2.19. The van der Waals surface area contributed by atoms with E-state index in [1.165, 1.54) is 0 Å². The van der Waals surface area contributed by atoms with Gasteiger partial charge in [0.1, 0.15) is 0 Å². The fourth-order valence-electron chi connectivity index (χ4n) is 12.0. The molecule has 0 saturated heterocycles. The lowest BCUT2D eigenvalue weighted by Crippen LogP contribution is -2.00. The molecule has 0 aliphatic carbocycles. The molecule has 0 unspecified atom stereocenters. The van der Waals surface area contributed by atoms with Gasteiger partial charge in [-0.05, 0) is 125 Å². The second kappa shape index (κ2) is 23.7. The van der Waals surface area contributed by atoms with Crippen molar-refractivity contribution in [2.75, 3.05) is 0 Å². The van der Waals surface area contributed by atoms with Crippen molar-refractivity contribution >= 4 is 21.5 Å². The highest BCUT2D eigenvalue weighted by Crippen LogP contribution is 2.42. The topological polar surface area (TPSA) is 125 Å². The first-order chi connectivity index (χ1) is 44.5. The van der Waals surface area contributed by atoms with E-state index in [4.69, 9.17) is 29.9 Å². The second-order valence-corrected chi connectivity index (χ2v) is 22.0. The van der Waals surface area contributed by atoms with E-state index in [-0.39, 0.29) is 0 Å². The largest absolute Gasteiger partial charge is 0.208 e. The van der Waals surface area contributed by atoms with E-state index < -0.39 is 0 Å². The van der Waals surface area contributed by atoms with Gasteiger partial charge in [0.15, 0.2) is 34.9 Å². The lowest BCUT2D eigenvalue weighted by atomic mass is 9.88. The number of benzene rings is 13. The van der Waals surface area contributed by atoms with Crippen LogP contribution in [-0.4, -0.2) is 29.9 Å². The summed E-state index contributed by atoms with van der Waals surface area (Å²) in [6.45, 7) is 0. The summed E-state index contributed by atoms with van der Waals surface area (Å²) in [5, 5.41) is 24.0. The van der Waals surface area contributed by atoms with Gasteiger partial charge in [0.2, 0.25) is 0 Å². The van der Waals surface area contributed by atoms with Crippen LogP contribution in [0.3, 0.4) is 0 Å². The molecule has 0 spiro atoms. The molecule has 8 heteroatoms. The number of fused-ring (bicyclic) bond motifs is 2. The van der Waals surface area contributed by atoms with Crippen molar-refractivity contribution in [2.45, 2.75) is 0 Å². The molecule has 2 heterocycles. The van der Waals surface area contributed by atoms with Gasteiger partial charge in [0.25, 0.3) is 0 Å². The Morgan fingerprint density at radius 1 is 0.211 bits per heavy atom. The lowest BCUT2D eigenvalue weighted by molar-refractivity contribution is 1.07. The fourth-order valence-corrected chi connectivity index (χ4v) is 12.0. The minimum atomic E-state index is 0.547. The minimum Gasteiger partial charge on any atom is -0.208 e. The standard InChI is InChI=1S/C82H50N8/c83-51-53-32-34-57(35-33-53)71-29-13-23-59-24-14-30-72(76(59)71)58-42-46-64(47-43-58)81-88-79(62-20-8-3-9-21-62)89-82(90-81)66-26-12-25-65(48-66)74-49-68(54-36-38-55(39-37-54)69-27-11-10-22-67(69)52-84)50-75-70(28-15-31-73(74)75)56-40-44-63(45-41-56)80-86-77(60-16-4-1-5-17-60)85-78(87-80)61-18-6-2-7-19-61/h1-50H. The summed E-state index contributed by atoms with van der Waals surface area (Å²) in [5.74, 6) is 3.47. The molecule has 0 radical (unpaired) electrons. The van der Waals surface area contributed by atoms with E-state index in [1.54, 1.807) is 0 Å². The number of hydrogen-bond donors (Lipinski definition) is 0. The van der Waals surface area contributed by atoms with Gasteiger partial charge in [-0.2, -0.15) is 10.5 Å². The van der Waals surface area contributed by atoms with Crippen molar-refractivity contribution in [3.63, 3.8) is 0 Å². The van der Waals surface area contributed by atoms with Crippen LogP contribution >= 0.6 is 0 Å². The fraction of sp³-hybridized carbons (Fsp3) is 0. The van der Waals surface area contributed by atoms with Crippen LogP contribution in [0, 0.1) is 22.7 Å². The predicted octanol–water partition coefficient (Wildman–Crippen LogP) is 20.1. The van der Waals surface area contributed by atoms with Gasteiger partial charge in [0.05, 0.1) is 23.3 Å². The first-order valence-electron chi connectivity index (χ1n) is 29.7. The van der Waals surface area contributed by atoms with Gasteiger partial charge in [-0.15, -0.1) is 0 Å². The molecule has 13 aromatic carbocycles. The molecular formula is C82H50N8. The second-order valence-electron chi connectivity index (χ2n) is 22.0. The van der Waals surface area contributed by atoms with Gasteiger partial charge < -0.3 is 0 Å². The predicted molar refractivity (Wildman–Crippen MR) is 363 cm³/mol. The van der Waals surface area contributed by atoms with Crippen molar-refractivity contribution in [1.29, 1.82) is 10.5 Å². The molecule has 0 amide bonds. The molecule has 0 aliphatic rings. The maximum Gasteiger partial charge on any atom is 0.164 e. The molecule has 0 saturated carbocycles. The van der Waals surface area contributed by atoms with Crippen molar-refractivity contribution in [3.8, 4) is 147 Å². The zero-order chi connectivity index (χ0) is 60.3. The Balaban J connectivity index is 0.834. The number of nitrogens with zero attached hydrogens (tertiary/aromatic N) is 8. The van der Waals surface area contributed by atoms with Gasteiger partial charge in [-0.1, -0.05) is 267 Å². The third-order valence-electron chi connectivity index (χ3n) is 16.5. The molecule has 8 nitrogen and oxygen atoms in total. The summed E-state index contributed by atoms with van der Waals surface area (Å²) in [4.78, 5) is 30.6. The Hall–Kier alpha value is -12.6. The summed E-state index contributed by atoms with van der Waals surface area (Å²) >= 11 is 0. The summed E-state index contributed by atoms with van der Waals surface area (Å²) in [6.07, 6.45) is 0. The molecule has 90 heavy (non-hydrogen) atoms. The molecule has 418 valence electrons. The van der Waals surface area contributed by atoms with Crippen molar-refractivity contribution in [3.05, 3.63) is 314 Å². The van der Waals surface area contributed by atoms with Crippen LogP contribution in [0.25, 0.3) is 157 Å². The van der Waals surface area contributed by atoms with Crippen LogP contribution < -0.4 is 0 Å². The Morgan fingerprint density at radius 2 is 0.578 bits per heavy atom. The monoisotopic (exact) mass is 1150 g/mol. The van der Waals surface area contributed by atoms with Gasteiger partial charge in [-0.25, -0.2) is 29.9 Å². The lowest BCUT2D eigenvalue weighted by Gasteiger charge is -2.16. The zero-order valence-corrected chi connectivity index (χ0v) is 48.4. The SMILES string of the molecule is N#Cc1ccc(-c2cccc3cccc(-c4ccc(-c5nc(-c6ccccc6)nc(-c6cccc(-c7cc(-c8ccc(-c9ccccc9C#N)cc8)cc8c(-c9ccc(-c%10nc(-c%11ccccc%11)nc(-c%11ccccc%11)n%10)cc9)cccc78)c6)n5)cc4)c23)cc1. The maximum absolute atomic E-state index is 10.0. The van der Waals surface area contributed by atoms with Crippen LogP contribution in [0.2, 0.25) is 0 Å². The Kier molecular flexibility index (Phi) is 14.2. The summed E-state index contributed by atoms with van der Waals surface area (Å²) in [7, 11) is 0. The van der Waals surface area contributed by atoms with E-state index in [0.717, 1.165) is 122 Å². The molecular weight excluding hydrogens is 1100 g/mol. The van der Waals surface area contributed by atoms with Crippen LogP contribution in [-0.2, 0) is 0 Å². The van der Waals surface area contributed by atoms with E-state index in [9.17, 15) is 10.5 Å². The molecule has 15 rings (SSSR count). The maximum atomic E-state index is 10.0. The quantitative estimate of drug-likeness (QED) is 0.118. The van der Waals surface area contributed by atoms with Gasteiger partial charge in [-0.3, -0.25) is 0 Å². The number of rotatable bonds is 12. The molecule has 2 aromatic heterocycles. The average molecular weight is 1150 g/mol. The molecule has 0 atom stereocenters. The van der Waals surface area contributed by atoms with E-state index in [1.807, 2.05) is 140 Å². The Bertz CT molecular complexity index is 5210. The molecule has 0 N–H and O–H groups in total. The van der Waals surface area contributed by atoms with Crippen molar-refractivity contribution in [1.82, 2.24) is 29.9 Å². The Labute approximate surface area is 520 Å².